The molecule has 1 aromatic rings. The van der Waals surface area contributed by atoms with E-state index in [1.165, 1.54) is 13.2 Å². The third kappa shape index (κ3) is 1.98. The van der Waals surface area contributed by atoms with Crippen LogP contribution >= 0.6 is 0 Å². The smallest absolute Gasteiger partial charge is 0.280 e. The Morgan fingerprint density at radius 1 is 1.57 bits per heavy atom. The third-order valence-electron chi connectivity index (χ3n) is 1.98. The van der Waals surface area contributed by atoms with Crippen molar-refractivity contribution in [2.75, 3.05) is 7.11 Å². The van der Waals surface area contributed by atoms with Gasteiger partial charge in [0.25, 0.3) is 6.43 Å². The van der Waals surface area contributed by atoms with Crippen molar-refractivity contribution in [3.63, 3.8) is 0 Å². The molecule has 0 atom stereocenters. The maximum absolute atomic E-state index is 12.4. The molecule has 2 N–H and O–H groups in total. The SMILES string of the molecule is COc1cc(C(F)F)nc(CN)c1C. The molecule has 0 aliphatic heterocycles. The van der Waals surface area contributed by atoms with Crippen molar-refractivity contribution in [1.29, 1.82) is 0 Å². The molecule has 0 fully saturated rings. The Bertz CT molecular complexity index is 304. The van der Waals surface area contributed by atoms with Crippen LogP contribution in [-0.2, 0) is 6.54 Å². The first-order chi connectivity index (χ1) is 6.60. The zero-order valence-electron chi connectivity index (χ0n) is 8.05. The molecule has 0 aromatic carbocycles. The van der Waals surface area contributed by atoms with Crippen LogP contribution in [0.4, 0.5) is 8.78 Å². The van der Waals surface area contributed by atoms with Crippen molar-refractivity contribution in [3.05, 3.63) is 23.0 Å². The predicted octanol–water partition coefficient (Wildman–Crippen LogP) is 1.79. The number of hydrogen-bond donors (Lipinski definition) is 1. The van der Waals surface area contributed by atoms with E-state index in [0.29, 0.717) is 17.0 Å². The summed E-state index contributed by atoms with van der Waals surface area (Å²) >= 11 is 0. The first kappa shape index (κ1) is 10.8. The highest BCUT2D eigenvalue weighted by molar-refractivity contribution is 5.37. The molecule has 1 heterocycles. The Morgan fingerprint density at radius 3 is 2.64 bits per heavy atom. The molecule has 78 valence electrons. The molecule has 0 unspecified atom stereocenters. The molecule has 5 heteroatoms. The number of nitrogens with zero attached hydrogens (tertiary/aromatic N) is 1. The van der Waals surface area contributed by atoms with Crippen LogP contribution in [0.15, 0.2) is 6.07 Å². The summed E-state index contributed by atoms with van der Waals surface area (Å²) in [6, 6.07) is 1.24. The van der Waals surface area contributed by atoms with E-state index in [-0.39, 0.29) is 12.2 Å². The van der Waals surface area contributed by atoms with Gasteiger partial charge in [0.2, 0.25) is 0 Å². The maximum Gasteiger partial charge on any atom is 0.280 e. The Kier molecular flexibility index (Phi) is 3.35. The molecule has 3 nitrogen and oxygen atoms in total. The molecule has 0 aliphatic carbocycles. The number of nitrogens with two attached hydrogens (primary N) is 1. The largest absolute Gasteiger partial charge is 0.496 e. The molecule has 1 rings (SSSR count). The van der Waals surface area contributed by atoms with E-state index in [0.717, 1.165) is 0 Å². The van der Waals surface area contributed by atoms with E-state index in [4.69, 9.17) is 10.5 Å². The first-order valence-corrected chi connectivity index (χ1v) is 4.12. The van der Waals surface area contributed by atoms with Crippen molar-refractivity contribution in [2.24, 2.45) is 5.73 Å². The molecular formula is C9H12F2N2O. The summed E-state index contributed by atoms with van der Waals surface area (Å²) in [5.74, 6) is 0.399. The Hall–Kier alpha value is -1.23. The van der Waals surface area contributed by atoms with E-state index in [1.54, 1.807) is 6.92 Å². The van der Waals surface area contributed by atoms with Gasteiger partial charge >= 0.3 is 0 Å². The van der Waals surface area contributed by atoms with Gasteiger partial charge in [-0.25, -0.2) is 13.8 Å². The molecule has 0 saturated heterocycles. The third-order valence-corrected chi connectivity index (χ3v) is 1.98. The topological polar surface area (TPSA) is 48.1 Å². The molecular weight excluding hydrogens is 190 g/mol. The average molecular weight is 202 g/mol. The fourth-order valence-corrected chi connectivity index (χ4v) is 1.18. The number of aromatic nitrogens is 1. The fraction of sp³-hybridized carbons (Fsp3) is 0.444. The van der Waals surface area contributed by atoms with Crippen LogP contribution in [-0.4, -0.2) is 12.1 Å². The van der Waals surface area contributed by atoms with E-state index in [9.17, 15) is 8.78 Å². The Labute approximate surface area is 80.9 Å². The summed E-state index contributed by atoms with van der Waals surface area (Å²) in [5, 5.41) is 0. The zero-order chi connectivity index (χ0) is 10.7. The highest BCUT2D eigenvalue weighted by atomic mass is 19.3. The van der Waals surface area contributed by atoms with Gasteiger partial charge in [0, 0.05) is 18.2 Å². The lowest BCUT2D eigenvalue weighted by Crippen LogP contribution is -2.06. The van der Waals surface area contributed by atoms with Gasteiger partial charge in [-0.2, -0.15) is 0 Å². The lowest BCUT2D eigenvalue weighted by molar-refractivity contribution is 0.145. The van der Waals surface area contributed by atoms with Gasteiger partial charge in [-0.15, -0.1) is 0 Å². The number of ether oxygens (including phenoxy) is 1. The molecule has 0 saturated carbocycles. The predicted molar refractivity (Wildman–Crippen MR) is 48.4 cm³/mol. The van der Waals surface area contributed by atoms with Crippen LogP contribution in [0.3, 0.4) is 0 Å². The number of methoxy groups -OCH3 is 1. The minimum absolute atomic E-state index is 0.128. The number of pyridine rings is 1. The van der Waals surface area contributed by atoms with Gasteiger partial charge in [0.15, 0.2) is 0 Å². The Morgan fingerprint density at radius 2 is 2.21 bits per heavy atom. The first-order valence-electron chi connectivity index (χ1n) is 4.12. The standard InChI is InChI=1S/C9H12F2N2O/c1-5-7(4-12)13-6(9(10)11)3-8(5)14-2/h3,9H,4,12H2,1-2H3. The van der Waals surface area contributed by atoms with E-state index in [1.807, 2.05) is 0 Å². The van der Waals surface area contributed by atoms with Crippen molar-refractivity contribution >= 4 is 0 Å². The molecule has 0 amide bonds. The lowest BCUT2D eigenvalue weighted by Gasteiger charge is -2.10. The number of hydrogen-bond acceptors (Lipinski definition) is 3. The minimum atomic E-state index is -2.60. The summed E-state index contributed by atoms with van der Waals surface area (Å²) in [6.45, 7) is 1.87. The van der Waals surface area contributed by atoms with Crippen molar-refractivity contribution < 1.29 is 13.5 Å². The summed E-state index contributed by atoms with van der Waals surface area (Å²) < 4.78 is 29.7. The van der Waals surface area contributed by atoms with E-state index in [2.05, 4.69) is 4.98 Å². The van der Waals surface area contributed by atoms with Gasteiger partial charge in [0.1, 0.15) is 11.4 Å². The van der Waals surface area contributed by atoms with E-state index >= 15 is 0 Å². The van der Waals surface area contributed by atoms with Gasteiger partial charge < -0.3 is 10.5 Å². The molecule has 0 aliphatic rings. The average Bonchev–Trinajstić information content (AvgIpc) is 2.17. The number of alkyl halides is 2. The van der Waals surface area contributed by atoms with Crippen molar-refractivity contribution in [1.82, 2.24) is 4.98 Å². The van der Waals surface area contributed by atoms with Gasteiger partial charge in [-0.05, 0) is 6.92 Å². The number of halogens is 2. The Balaban J connectivity index is 3.25. The second kappa shape index (κ2) is 4.32. The number of rotatable bonds is 3. The highest BCUT2D eigenvalue weighted by Gasteiger charge is 2.14. The van der Waals surface area contributed by atoms with Crippen molar-refractivity contribution in [2.45, 2.75) is 19.9 Å². The van der Waals surface area contributed by atoms with Crippen LogP contribution in [0.1, 0.15) is 23.4 Å². The maximum atomic E-state index is 12.4. The van der Waals surface area contributed by atoms with E-state index < -0.39 is 6.43 Å². The summed E-state index contributed by atoms with van der Waals surface area (Å²) in [6.07, 6.45) is -2.60. The quantitative estimate of drug-likeness (QED) is 0.812. The second-order valence-corrected chi connectivity index (χ2v) is 2.83. The molecule has 1 aromatic heterocycles. The van der Waals surface area contributed by atoms with Gasteiger partial charge in [-0.3, -0.25) is 0 Å². The summed E-state index contributed by atoms with van der Waals surface area (Å²) in [4.78, 5) is 3.74. The molecule has 0 spiro atoms. The van der Waals surface area contributed by atoms with Gasteiger partial charge in [0.05, 0.1) is 12.8 Å². The summed E-state index contributed by atoms with van der Waals surface area (Å²) in [7, 11) is 1.43. The van der Waals surface area contributed by atoms with Crippen LogP contribution in [0, 0.1) is 6.92 Å². The molecule has 0 radical (unpaired) electrons. The second-order valence-electron chi connectivity index (χ2n) is 2.83. The monoisotopic (exact) mass is 202 g/mol. The van der Waals surface area contributed by atoms with Crippen LogP contribution in [0.25, 0.3) is 0 Å². The van der Waals surface area contributed by atoms with Crippen LogP contribution < -0.4 is 10.5 Å². The minimum Gasteiger partial charge on any atom is -0.496 e. The summed E-state index contributed by atoms with van der Waals surface area (Å²) in [5.41, 5.74) is 6.23. The van der Waals surface area contributed by atoms with Crippen LogP contribution in [0.5, 0.6) is 5.75 Å². The normalized spacial score (nSPS) is 10.7. The van der Waals surface area contributed by atoms with Gasteiger partial charge in [-0.1, -0.05) is 0 Å². The van der Waals surface area contributed by atoms with Crippen molar-refractivity contribution in [3.8, 4) is 5.75 Å². The highest BCUT2D eigenvalue weighted by Crippen LogP contribution is 2.26. The molecule has 14 heavy (non-hydrogen) atoms. The van der Waals surface area contributed by atoms with Crippen LogP contribution in [0.2, 0.25) is 0 Å². The zero-order valence-corrected chi connectivity index (χ0v) is 8.05. The lowest BCUT2D eigenvalue weighted by atomic mass is 10.1. The molecule has 0 bridgehead atoms. The fourth-order valence-electron chi connectivity index (χ4n) is 1.18.